The minimum atomic E-state index is 0. The second kappa shape index (κ2) is 7.86. The van der Waals surface area contributed by atoms with Gasteiger partial charge in [0, 0.05) is 20.6 Å². The first-order valence-corrected chi connectivity index (χ1v) is 7.15. The third-order valence-corrected chi connectivity index (χ3v) is 4.01. The lowest BCUT2D eigenvalue weighted by atomic mass is 10.0. The first kappa shape index (κ1) is 17.3. The molecule has 0 aromatic heterocycles. The maximum absolute atomic E-state index is 4.69. The van der Waals surface area contributed by atoms with Gasteiger partial charge < -0.3 is 10.2 Å². The predicted molar refractivity (Wildman–Crippen MR) is 96.6 cm³/mol. The molecule has 3 nitrogen and oxygen atoms in total. The molecular weight excluding hydrogens is 361 g/mol. The number of benzene rings is 1. The third-order valence-electron chi connectivity index (χ3n) is 4.01. The molecule has 1 aliphatic carbocycles. The Balaban J connectivity index is 0.00000200. The molecule has 0 atom stereocenters. The minimum absolute atomic E-state index is 0. The summed E-state index contributed by atoms with van der Waals surface area (Å²) in [6.07, 6.45) is 3.98. The van der Waals surface area contributed by atoms with Crippen LogP contribution < -0.4 is 5.32 Å². The van der Waals surface area contributed by atoms with Gasteiger partial charge in [-0.15, -0.1) is 24.0 Å². The molecule has 1 aliphatic rings. The van der Waals surface area contributed by atoms with E-state index >= 15 is 0 Å². The zero-order valence-corrected chi connectivity index (χ0v) is 15.1. The average molecular weight is 387 g/mol. The maximum atomic E-state index is 4.69. The number of hydrogen-bond donors (Lipinski definition) is 1. The third kappa shape index (κ3) is 4.96. The second-order valence-corrected chi connectivity index (χ2v) is 5.73. The molecule has 2 rings (SSSR count). The molecule has 0 radical (unpaired) electrons. The summed E-state index contributed by atoms with van der Waals surface area (Å²) < 4.78 is 0. The first-order chi connectivity index (χ1) is 9.15. The average Bonchev–Trinajstić information content (AvgIpc) is 3.20. The Bertz CT molecular complexity index is 425. The SMILES string of the molecule is CCC1(CNC(=NCc2ccccc2)N(C)C)CC1.I. The summed E-state index contributed by atoms with van der Waals surface area (Å²) in [4.78, 5) is 6.75. The molecule has 1 saturated carbocycles. The lowest BCUT2D eigenvalue weighted by Crippen LogP contribution is -2.39. The maximum Gasteiger partial charge on any atom is 0.193 e. The fourth-order valence-electron chi connectivity index (χ4n) is 2.20. The van der Waals surface area contributed by atoms with Gasteiger partial charge in [-0.3, -0.25) is 0 Å². The van der Waals surface area contributed by atoms with E-state index in [2.05, 4.69) is 41.4 Å². The Kier molecular flexibility index (Phi) is 6.79. The Morgan fingerprint density at radius 2 is 1.90 bits per heavy atom. The summed E-state index contributed by atoms with van der Waals surface area (Å²) in [5, 5.41) is 3.52. The Hall–Kier alpha value is -0.780. The molecule has 0 saturated heterocycles. The van der Waals surface area contributed by atoms with E-state index in [1.54, 1.807) is 0 Å². The van der Waals surface area contributed by atoms with Gasteiger partial charge in [0.25, 0.3) is 0 Å². The Morgan fingerprint density at radius 1 is 1.25 bits per heavy atom. The highest BCUT2D eigenvalue weighted by Crippen LogP contribution is 2.47. The van der Waals surface area contributed by atoms with Crippen molar-refractivity contribution >= 4 is 29.9 Å². The minimum Gasteiger partial charge on any atom is -0.356 e. The number of halogens is 1. The summed E-state index contributed by atoms with van der Waals surface area (Å²) in [5.41, 5.74) is 1.80. The molecule has 1 aromatic rings. The van der Waals surface area contributed by atoms with Crippen LogP contribution in [0.2, 0.25) is 0 Å². The van der Waals surface area contributed by atoms with Crippen LogP contribution in [-0.4, -0.2) is 31.5 Å². The normalized spacial score (nSPS) is 16.2. The molecule has 4 heteroatoms. The van der Waals surface area contributed by atoms with Crippen molar-refractivity contribution in [2.24, 2.45) is 10.4 Å². The van der Waals surface area contributed by atoms with Gasteiger partial charge in [-0.2, -0.15) is 0 Å². The fourth-order valence-corrected chi connectivity index (χ4v) is 2.20. The van der Waals surface area contributed by atoms with Gasteiger partial charge in [-0.25, -0.2) is 4.99 Å². The highest BCUT2D eigenvalue weighted by Gasteiger charge is 2.40. The number of aliphatic imine (C=N–C) groups is 1. The van der Waals surface area contributed by atoms with Crippen molar-refractivity contribution in [1.29, 1.82) is 0 Å². The van der Waals surface area contributed by atoms with Gasteiger partial charge in [-0.05, 0) is 30.2 Å². The van der Waals surface area contributed by atoms with Crippen molar-refractivity contribution < 1.29 is 0 Å². The molecule has 1 fully saturated rings. The molecule has 1 N–H and O–H groups in total. The predicted octanol–water partition coefficient (Wildman–Crippen LogP) is 3.50. The smallest absolute Gasteiger partial charge is 0.193 e. The van der Waals surface area contributed by atoms with Crippen molar-refractivity contribution in [3.8, 4) is 0 Å². The van der Waals surface area contributed by atoms with Crippen molar-refractivity contribution in [3.05, 3.63) is 35.9 Å². The largest absolute Gasteiger partial charge is 0.356 e. The van der Waals surface area contributed by atoms with E-state index < -0.39 is 0 Å². The van der Waals surface area contributed by atoms with E-state index in [0.29, 0.717) is 5.41 Å². The van der Waals surface area contributed by atoms with Gasteiger partial charge in [0.15, 0.2) is 5.96 Å². The molecule has 0 heterocycles. The lowest BCUT2D eigenvalue weighted by molar-refractivity contribution is 0.463. The summed E-state index contributed by atoms with van der Waals surface area (Å²) in [6, 6.07) is 10.4. The molecule has 20 heavy (non-hydrogen) atoms. The quantitative estimate of drug-likeness (QED) is 0.476. The number of nitrogens with one attached hydrogen (secondary N) is 1. The molecule has 0 bridgehead atoms. The van der Waals surface area contributed by atoms with E-state index in [0.717, 1.165) is 19.0 Å². The second-order valence-electron chi connectivity index (χ2n) is 5.73. The topological polar surface area (TPSA) is 27.6 Å². The standard InChI is InChI=1S/C16H25N3.HI/c1-4-16(10-11-16)13-18-15(19(2)3)17-12-14-8-6-5-7-9-14;/h5-9H,4,10-13H2,1-3H3,(H,17,18);1H. The highest BCUT2D eigenvalue weighted by molar-refractivity contribution is 14.0. The first-order valence-electron chi connectivity index (χ1n) is 7.15. The number of hydrogen-bond acceptors (Lipinski definition) is 1. The summed E-state index contributed by atoms with van der Waals surface area (Å²) in [7, 11) is 4.09. The van der Waals surface area contributed by atoms with Crippen molar-refractivity contribution in [2.75, 3.05) is 20.6 Å². The molecule has 0 amide bonds. The molecule has 1 aromatic carbocycles. The zero-order valence-electron chi connectivity index (χ0n) is 12.7. The van der Waals surface area contributed by atoms with Crippen LogP contribution >= 0.6 is 24.0 Å². The van der Waals surface area contributed by atoms with Gasteiger partial charge in [0.1, 0.15) is 0 Å². The van der Waals surface area contributed by atoms with E-state index in [9.17, 15) is 0 Å². The van der Waals surface area contributed by atoms with Crippen molar-refractivity contribution in [3.63, 3.8) is 0 Å². The summed E-state index contributed by atoms with van der Waals surface area (Å²) in [5.74, 6) is 0.989. The van der Waals surface area contributed by atoms with E-state index in [1.807, 2.05) is 20.2 Å². The van der Waals surface area contributed by atoms with Gasteiger partial charge >= 0.3 is 0 Å². The van der Waals surface area contributed by atoms with Crippen LogP contribution in [0.25, 0.3) is 0 Å². The molecular formula is C16H26IN3. The molecule has 112 valence electrons. The van der Waals surface area contributed by atoms with Crippen LogP contribution in [0.3, 0.4) is 0 Å². The monoisotopic (exact) mass is 387 g/mol. The summed E-state index contributed by atoms with van der Waals surface area (Å²) >= 11 is 0. The van der Waals surface area contributed by atoms with Crippen molar-refractivity contribution in [1.82, 2.24) is 10.2 Å². The molecule has 0 unspecified atom stereocenters. The molecule has 0 aliphatic heterocycles. The van der Waals surface area contributed by atoms with Crippen LogP contribution in [0.15, 0.2) is 35.3 Å². The lowest BCUT2D eigenvalue weighted by Gasteiger charge is -2.21. The number of guanidine groups is 1. The number of nitrogens with zero attached hydrogens (tertiary/aromatic N) is 2. The Morgan fingerprint density at radius 3 is 2.40 bits per heavy atom. The van der Waals surface area contributed by atoms with Crippen LogP contribution in [0, 0.1) is 5.41 Å². The van der Waals surface area contributed by atoms with E-state index in [4.69, 9.17) is 4.99 Å². The van der Waals surface area contributed by atoms with E-state index in [-0.39, 0.29) is 24.0 Å². The van der Waals surface area contributed by atoms with Crippen LogP contribution in [0.5, 0.6) is 0 Å². The van der Waals surface area contributed by atoms with Gasteiger partial charge in [0.2, 0.25) is 0 Å². The summed E-state index contributed by atoms with van der Waals surface area (Å²) in [6.45, 7) is 4.07. The van der Waals surface area contributed by atoms with Gasteiger partial charge in [-0.1, -0.05) is 37.3 Å². The van der Waals surface area contributed by atoms with Crippen LogP contribution in [0.4, 0.5) is 0 Å². The van der Waals surface area contributed by atoms with E-state index in [1.165, 1.54) is 24.8 Å². The zero-order chi connectivity index (χ0) is 13.7. The Labute approximate surface area is 139 Å². The highest BCUT2D eigenvalue weighted by atomic mass is 127. The van der Waals surface area contributed by atoms with Crippen LogP contribution in [-0.2, 0) is 6.54 Å². The van der Waals surface area contributed by atoms with Crippen LogP contribution in [0.1, 0.15) is 31.7 Å². The fraction of sp³-hybridized carbons (Fsp3) is 0.562. The van der Waals surface area contributed by atoms with Crippen molar-refractivity contribution in [2.45, 2.75) is 32.7 Å². The number of rotatable bonds is 5. The van der Waals surface area contributed by atoms with Gasteiger partial charge in [0.05, 0.1) is 6.54 Å². The molecule has 0 spiro atoms.